The van der Waals surface area contributed by atoms with Crippen LogP contribution in [-0.4, -0.2) is 22.2 Å². The topological polar surface area (TPSA) is 46.9 Å². The van der Waals surface area contributed by atoms with Crippen molar-refractivity contribution in [2.24, 2.45) is 0 Å². The molecule has 0 saturated heterocycles. The summed E-state index contributed by atoms with van der Waals surface area (Å²) in [6.07, 6.45) is 0. The molecule has 3 rings (SSSR count). The molecule has 5 heteroatoms. The Balaban J connectivity index is 1.65. The van der Waals surface area contributed by atoms with Crippen molar-refractivity contribution in [3.8, 4) is 10.4 Å². The van der Waals surface area contributed by atoms with E-state index in [1.807, 2.05) is 41.9 Å². The van der Waals surface area contributed by atoms with E-state index in [4.69, 9.17) is 0 Å². The third-order valence-corrected chi connectivity index (χ3v) is 4.68. The fourth-order valence-corrected chi connectivity index (χ4v) is 3.53. The summed E-state index contributed by atoms with van der Waals surface area (Å²) < 4.78 is 1.97. The van der Waals surface area contributed by atoms with E-state index in [1.165, 1.54) is 10.4 Å². The summed E-state index contributed by atoms with van der Waals surface area (Å²) >= 11 is 1.72. The Morgan fingerprint density at radius 3 is 2.65 bits per heavy atom. The normalized spacial score (nSPS) is 10.7. The van der Waals surface area contributed by atoms with Crippen LogP contribution in [-0.2, 0) is 6.54 Å². The van der Waals surface area contributed by atoms with Crippen molar-refractivity contribution in [1.82, 2.24) is 15.1 Å². The molecule has 1 amide bonds. The second-order valence-corrected chi connectivity index (χ2v) is 6.32. The molecular formula is C18H19N3OS. The average Bonchev–Trinajstić information content (AvgIpc) is 3.17. The SMILES string of the molecule is Cc1nn(CCNC(=O)c2ccccc2)c(C)c1-c1cccs1. The largest absolute Gasteiger partial charge is 0.350 e. The molecule has 0 radical (unpaired) electrons. The zero-order chi connectivity index (χ0) is 16.2. The summed E-state index contributed by atoms with van der Waals surface area (Å²) in [5.41, 5.74) is 4.05. The summed E-state index contributed by atoms with van der Waals surface area (Å²) in [5, 5.41) is 9.62. The minimum Gasteiger partial charge on any atom is -0.350 e. The lowest BCUT2D eigenvalue weighted by Gasteiger charge is -2.07. The molecule has 0 aliphatic heterocycles. The van der Waals surface area contributed by atoms with Crippen molar-refractivity contribution >= 4 is 17.2 Å². The molecule has 0 spiro atoms. The Kier molecular flexibility index (Phi) is 4.57. The molecule has 118 valence electrons. The van der Waals surface area contributed by atoms with Gasteiger partial charge in [-0.25, -0.2) is 0 Å². The predicted octanol–water partition coefficient (Wildman–Crippen LogP) is 3.66. The number of benzene rings is 1. The van der Waals surface area contributed by atoms with E-state index < -0.39 is 0 Å². The van der Waals surface area contributed by atoms with Crippen molar-refractivity contribution < 1.29 is 4.79 Å². The van der Waals surface area contributed by atoms with Crippen LogP contribution >= 0.6 is 11.3 Å². The molecule has 0 aliphatic carbocycles. The molecule has 23 heavy (non-hydrogen) atoms. The summed E-state index contributed by atoms with van der Waals surface area (Å²) in [6, 6.07) is 13.4. The van der Waals surface area contributed by atoms with Gasteiger partial charge in [-0.05, 0) is 37.4 Å². The monoisotopic (exact) mass is 325 g/mol. The van der Waals surface area contributed by atoms with E-state index in [0.29, 0.717) is 18.7 Å². The fraction of sp³-hybridized carbons (Fsp3) is 0.222. The first kappa shape index (κ1) is 15.5. The van der Waals surface area contributed by atoms with E-state index in [0.717, 1.165) is 11.4 Å². The van der Waals surface area contributed by atoms with Crippen LogP contribution in [0.15, 0.2) is 47.8 Å². The molecule has 2 heterocycles. The lowest BCUT2D eigenvalue weighted by Crippen LogP contribution is -2.27. The minimum atomic E-state index is -0.0504. The highest BCUT2D eigenvalue weighted by Gasteiger charge is 2.14. The van der Waals surface area contributed by atoms with Gasteiger partial charge in [0, 0.05) is 28.2 Å². The number of aryl methyl sites for hydroxylation is 1. The Hall–Kier alpha value is -2.40. The van der Waals surface area contributed by atoms with Crippen molar-refractivity contribution in [1.29, 1.82) is 0 Å². The van der Waals surface area contributed by atoms with E-state index in [1.54, 1.807) is 11.3 Å². The zero-order valence-corrected chi connectivity index (χ0v) is 14.1. The van der Waals surface area contributed by atoms with Crippen LogP contribution in [0.2, 0.25) is 0 Å². The molecule has 0 atom stereocenters. The van der Waals surface area contributed by atoms with Crippen LogP contribution in [0.3, 0.4) is 0 Å². The van der Waals surface area contributed by atoms with Gasteiger partial charge in [-0.15, -0.1) is 11.3 Å². The van der Waals surface area contributed by atoms with Gasteiger partial charge in [0.2, 0.25) is 0 Å². The average molecular weight is 325 g/mol. The van der Waals surface area contributed by atoms with Gasteiger partial charge < -0.3 is 5.32 Å². The number of nitrogens with one attached hydrogen (secondary N) is 1. The van der Waals surface area contributed by atoms with Gasteiger partial charge in [0.1, 0.15) is 0 Å². The summed E-state index contributed by atoms with van der Waals surface area (Å²) in [4.78, 5) is 13.3. The number of hydrogen-bond acceptors (Lipinski definition) is 3. The number of aromatic nitrogens is 2. The number of carbonyl (C=O) groups is 1. The zero-order valence-electron chi connectivity index (χ0n) is 13.2. The van der Waals surface area contributed by atoms with Crippen LogP contribution < -0.4 is 5.32 Å². The maximum absolute atomic E-state index is 12.0. The summed E-state index contributed by atoms with van der Waals surface area (Å²) in [6.45, 7) is 5.32. The molecule has 0 saturated carbocycles. The first-order valence-corrected chi connectivity index (χ1v) is 8.46. The third kappa shape index (κ3) is 3.35. The second kappa shape index (κ2) is 6.79. The van der Waals surface area contributed by atoms with Crippen LogP contribution in [0.25, 0.3) is 10.4 Å². The van der Waals surface area contributed by atoms with Gasteiger partial charge in [-0.2, -0.15) is 5.10 Å². The lowest BCUT2D eigenvalue weighted by molar-refractivity contribution is 0.0952. The lowest BCUT2D eigenvalue weighted by atomic mass is 10.1. The van der Waals surface area contributed by atoms with E-state index in [-0.39, 0.29) is 5.91 Å². The molecule has 0 fully saturated rings. The highest BCUT2D eigenvalue weighted by Crippen LogP contribution is 2.30. The van der Waals surface area contributed by atoms with Crippen molar-refractivity contribution in [3.05, 3.63) is 64.8 Å². The minimum absolute atomic E-state index is 0.0504. The predicted molar refractivity (Wildman–Crippen MR) is 93.8 cm³/mol. The Morgan fingerprint density at radius 1 is 1.17 bits per heavy atom. The van der Waals surface area contributed by atoms with Gasteiger partial charge in [0.25, 0.3) is 5.91 Å². The number of rotatable bonds is 5. The third-order valence-electron chi connectivity index (χ3n) is 3.79. The molecule has 0 aliphatic rings. The molecule has 2 aromatic heterocycles. The standard InChI is InChI=1S/C18H19N3OS/c1-13-17(16-9-6-12-23-16)14(2)21(20-13)11-10-19-18(22)15-7-4-3-5-8-15/h3-9,12H,10-11H2,1-2H3,(H,19,22). The first-order valence-electron chi connectivity index (χ1n) is 7.58. The fourth-order valence-electron chi connectivity index (χ4n) is 2.66. The molecule has 1 N–H and O–H groups in total. The number of hydrogen-bond donors (Lipinski definition) is 1. The van der Waals surface area contributed by atoms with Crippen LogP contribution in [0, 0.1) is 13.8 Å². The first-order chi connectivity index (χ1) is 11.2. The molecule has 0 unspecified atom stereocenters. The Morgan fingerprint density at radius 2 is 1.96 bits per heavy atom. The Bertz CT molecular complexity index is 791. The van der Waals surface area contributed by atoms with Gasteiger partial charge in [0.05, 0.1) is 12.2 Å². The van der Waals surface area contributed by atoms with Gasteiger partial charge in [-0.1, -0.05) is 24.3 Å². The summed E-state index contributed by atoms with van der Waals surface area (Å²) in [7, 11) is 0. The molecular weight excluding hydrogens is 306 g/mol. The molecule has 0 bridgehead atoms. The maximum atomic E-state index is 12.0. The van der Waals surface area contributed by atoms with E-state index in [9.17, 15) is 4.79 Å². The number of thiophene rings is 1. The second-order valence-electron chi connectivity index (χ2n) is 5.37. The van der Waals surface area contributed by atoms with E-state index >= 15 is 0 Å². The van der Waals surface area contributed by atoms with Gasteiger partial charge >= 0.3 is 0 Å². The quantitative estimate of drug-likeness (QED) is 0.778. The number of nitrogens with zero attached hydrogens (tertiary/aromatic N) is 2. The van der Waals surface area contributed by atoms with Crippen molar-refractivity contribution in [2.75, 3.05) is 6.54 Å². The van der Waals surface area contributed by atoms with Gasteiger partial charge in [0.15, 0.2) is 0 Å². The van der Waals surface area contributed by atoms with Crippen molar-refractivity contribution in [2.45, 2.75) is 20.4 Å². The molecule has 4 nitrogen and oxygen atoms in total. The molecule has 3 aromatic rings. The van der Waals surface area contributed by atoms with E-state index in [2.05, 4.69) is 34.9 Å². The molecule has 1 aromatic carbocycles. The van der Waals surface area contributed by atoms with Crippen molar-refractivity contribution in [3.63, 3.8) is 0 Å². The highest BCUT2D eigenvalue weighted by atomic mass is 32.1. The Labute approximate surface area is 139 Å². The van der Waals surface area contributed by atoms with Gasteiger partial charge in [-0.3, -0.25) is 9.48 Å². The smallest absolute Gasteiger partial charge is 0.251 e. The number of carbonyl (C=O) groups excluding carboxylic acids is 1. The van der Waals surface area contributed by atoms with Crippen LogP contribution in [0.4, 0.5) is 0 Å². The van der Waals surface area contributed by atoms with Crippen LogP contribution in [0.1, 0.15) is 21.7 Å². The number of amides is 1. The highest BCUT2D eigenvalue weighted by molar-refractivity contribution is 7.13. The summed E-state index contributed by atoms with van der Waals surface area (Å²) in [5.74, 6) is -0.0504. The van der Waals surface area contributed by atoms with Crippen LogP contribution in [0.5, 0.6) is 0 Å². The maximum Gasteiger partial charge on any atom is 0.251 e.